The molecule has 7 nitrogen and oxygen atoms in total. The highest BCUT2D eigenvalue weighted by Crippen LogP contribution is 2.24. The van der Waals surface area contributed by atoms with E-state index in [-0.39, 0.29) is 6.04 Å². The Morgan fingerprint density at radius 1 is 1.13 bits per heavy atom. The quantitative estimate of drug-likeness (QED) is 0.413. The molecule has 30 heavy (non-hydrogen) atoms. The lowest BCUT2D eigenvalue weighted by Crippen LogP contribution is -2.44. The van der Waals surface area contributed by atoms with Gasteiger partial charge in [0.1, 0.15) is 11.6 Å². The van der Waals surface area contributed by atoms with Crippen molar-refractivity contribution in [2.24, 2.45) is 4.99 Å². The number of likely N-dealkylation sites (tertiary alicyclic amines) is 1. The van der Waals surface area contributed by atoms with E-state index in [4.69, 9.17) is 4.42 Å². The average Bonchev–Trinajstić information content (AvgIpc) is 3.50. The van der Waals surface area contributed by atoms with Gasteiger partial charge in [0.05, 0.1) is 30.7 Å². The number of aromatic nitrogens is 2. The van der Waals surface area contributed by atoms with Crippen molar-refractivity contribution in [2.75, 3.05) is 26.7 Å². The van der Waals surface area contributed by atoms with E-state index < -0.39 is 0 Å². The molecule has 1 atom stereocenters. The van der Waals surface area contributed by atoms with Crippen LogP contribution < -0.4 is 10.6 Å². The van der Waals surface area contributed by atoms with Crippen molar-refractivity contribution in [1.29, 1.82) is 0 Å². The molecule has 0 amide bonds. The second kappa shape index (κ2) is 10.1. The van der Waals surface area contributed by atoms with Crippen molar-refractivity contribution in [3.05, 3.63) is 66.5 Å². The zero-order chi connectivity index (χ0) is 20.6. The summed E-state index contributed by atoms with van der Waals surface area (Å²) < 4.78 is 5.73. The fraction of sp³-hybridized carbons (Fsp3) is 0.391. The van der Waals surface area contributed by atoms with Crippen LogP contribution in [0.15, 0.2) is 64.3 Å². The van der Waals surface area contributed by atoms with Gasteiger partial charge in [0.2, 0.25) is 0 Å². The van der Waals surface area contributed by atoms with Gasteiger partial charge in [-0.2, -0.15) is 0 Å². The van der Waals surface area contributed by atoms with Gasteiger partial charge in [0.15, 0.2) is 5.96 Å². The highest BCUT2D eigenvalue weighted by atomic mass is 16.3. The fourth-order valence-electron chi connectivity index (χ4n) is 3.92. The SMILES string of the molecule is CN=C(NCc1ncc(-c2ccccc2)[nH]1)NCC(c1ccco1)N1CCCCC1. The van der Waals surface area contributed by atoms with E-state index in [1.165, 1.54) is 19.3 Å². The molecule has 3 aromatic rings. The van der Waals surface area contributed by atoms with Crippen LogP contribution in [0.5, 0.6) is 0 Å². The van der Waals surface area contributed by atoms with Crippen molar-refractivity contribution in [2.45, 2.75) is 31.8 Å². The predicted molar refractivity (Wildman–Crippen MR) is 119 cm³/mol. The first-order valence-corrected chi connectivity index (χ1v) is 10.6. The number of furan rings is 1. The molecule has 0 bridgehead atoms. The molecule has 3 N–H and O–H groups in total. The van der Waals surface area contributed by atoms with Crippen molar-refractivity contribution < 1.29 is 4.42 Å². The number of rotatable bonds is 7. The number of guanidine groups is 1. The summed E-state index contributed by atoms with van der Waals surface area (Å²) in [7, 11) is 1.79. The summed E-state index contributed by atoms with van der Waals surface area (Å²) in [4.78, 5) is 14.7. The smallest absolute Gasteiger partial charge is 0.191 e. The second-order valence-electron chi connectivity index (χ2n) is 7.54. The highest BCUT2D eigenvalue weighted by Gasteiger charge is 2.24. The number of aromatic amines is 1. The Hall–Kier alpha value is -3.06. The standard InChI is InChI=1S/C23H30N6O/c1-24-23(27-17-22-25-15-19(28-22)18-9-4-2-5-10-18)26-16-20(21-11-8-14-30-21)29-12-6-3-7-13-29/h2,4-5,8-11,14-15,20H,3,6-7,12-13,16-17H2,1H3,(H,25,28)(H2,24,26,27). The molecule has 1 fully saturated rings. The first-order valence-electron chi connectivity index (χ1n) is 10.6. The molecule has 0 radical (unpaired) electrons. The van der Waals surface area contributed by atoms with Gasteiger partial charge < -0.3 is 20.0 Å². The maximum atomic E-state index is 5.73. The number of hydrogen-bond acceptors (Lipinski definition) is 4. The molecule has 1 aromatic carbocycles. The Balaban J connectivity index is 1.33. The molecule has 158 valence electrons. The maximum Gasteiger partial charge on any atom is 0.191 e. The van der Waals surface area contributed by atoms with Gasteiger partial charge in [-0.1, -0.05) is 36.8 Å². The summed E-state index contributed by atoms with van der Waals surface area (Å²) in [5.74, 6) is 2.62. The van der Waals surface area contributed by atoms with E-state index >= 15 is 0 Å². The third kappa shape index (κ3) is 5.10. The third-order valence-corrected chi connectivity index (χ3v) is 5.53. The molecule has 3 heterocycles. The molecule has 0 spiro atoms. The van der Waals surface area contributed by atoms with Crippen molar-refractivity contribution in [1.82, 2.24) is 25.5 Å². The Morgan fingerprint density at radius 3 is 2.70 bits per heavy atom. The number of imidazole rings is 1. The van der Waals surface area contributed by atoms with Crippen LogP contribution in [0.2, 0.25) is 0 Å². The number of nitrogens with zero attached hydrogens (tertiary/aromatic N) is 3. The van der Waals surface area contributed by atoms with E-state index in [0.29, 0.717) is 6.54 Å². The second-order valence-corrected chi connectivity index (χ2v) is 7.54. The molecule has 7 heteroatoms. The molecular weight excluding hydrogens is 376 g/mol. The van der Waals surface area contributed by atoms with Gasteiger partial charge in [-0.15, -0.1) is 0 Å². The largest absolute Gasteiger partial charge is 0.468 e. The van der Waals surface area contributed by atoms with Crippen LogP contribution in [-0.2, 0) is 6.54 Å². The van der Waals surface area contributed by atoms with E-state index in [2.05, 4.69) is 48.7 Å². The third-order valence-electron chi connectivity index (χ3n) is 5.53. The lowest BCUT2D eigenvalue weighted by atomic mass is 10.1. The van der Waals surface area contributed by atoms with Crippen LogP contribution in [0, 0.1) is 0 Å². The summed E-state index contributed by atoms with van der Waals surface area (Å²) in [6.07, 6.45) is 7.41. The molecule has 0 saturated carbocycles. The van der Waals surface area contributed by atoms with Crippen LogP contribution >= 0.6 is 0 Å². The summed E-state index contributed by atoms with van der Waals surface area (Å²) in [5.41, 5.74) is 2.14. The first-order chi connectivity index (χ1) is 14.8. The van der Waals surface area contributed by atoms with E-state index in [0.717, 1.165) is 48.4 Å². The van der Waals surface area contributed by atoms with Crippen LogP contribution in [0.1, 0.15) is 36.9 Å². The molecule has 4 rings (SSSR count). The number of nitrogens with one attached hydrogen (secondary N) is 3. The number of benzene rings is 1. The zero-order valence-electron chi connectivity index (χ0n) is 17.5. The minimum absolute atomic E-state index is 0.201. The topological polar surface area (TPSA) is 81.5 Å². The van der Waals surface area contributed by atoms with Crippen LogP contribution in [0.4, 0.5) is 0 Å². The number of H-pyrrole nitrogens is 1. The fourth-order valence-corrected chi connectivity index (χ4v) is 3.92. The molecular formula is C23H30N6O. The minimum atomic E-state index is 0.201. The van der Waals surface area contributed by atoms with Gasteiger partial charge in [-0.05, 0) is 43.6 Å². The Labute approximate surface area is 177 Å². The number of piperidine rings is 1. The van der Waals surface area contributed by atoms with E-state index in [1.54, 1.807) is 13.3 Å². The summed E-state index contributed by atoms with van der Waals surface area (Å²) in [5, 5.41) is 6.81. The van der Waals surface area contributed by atoms with Crippen molar-refractivity contribution in [3.8, 4) is 11.3 Å². The lowest BCUT2D eigenvalue weighted by Gasteiger charge is -2.33. The van der Waals surface area contributed by atoms with E-state index in [9.17, 15) is 0 Å². The summed E-state index contributed by atoms with van der Waals surface area (Å²) in [6.45, 7) is 3.52. The molecule has 1 unspecified atom stereocenters. The highest BCUT2D eigenvalue weighted by molar-refractivity contribution is 5.79. The van der Waals surface area contributed by atoms with Gasteiger partial charge in [0, 0.05) is 13.6 Å². The van der Waals surface area contributed by atoms with Gasteiger partial charge in [0.25, 0.3) is 0 Å². The monoisotopic (exact) mass is 406 g/mol. The molecule has 1 saturated heterocycles. The Bertz CT molecular complexity index is 912. The van der Waals surface area contributed by atoms with Crippen LogP contribution in [0.25, 0.3) is 11.3 Å². The summed E-state index contributed by atoms with van der Waals surface area (Å²) >= 11 is 0. The maximum absolute atomic E-state index is 5.73. The van der Waals surface area contributed by atoms with Crippen LogP contribution in [0.3, 0.4) is 0 Å². The Morgan fingerprint density at radius 2 is 1.97 bits per heavy atom. The number of aliphatic imine (C=N–C) groups is 1. The van der Waals surface area contributed by atoms with Gasteiger partial charge in [-0.25, -0.2) is 4.98 Å². The van der Waals surface area contributed by atoms with Crippen molar-refractivity contribution in [3.63, 3.8) is 0 Å². The predicted octanol–water partition coefficient (Wildman–Crippen LogP) is 3.56. The van der Waals surface area contributed by atoms with Gasteiger partial charge in [-0.3, -0.25) is 9.89 Å². The first kappa shape index (κ1) is 20.2. The molecule has 1 aliphatic heterocycles. The molecule has 0 aliphatic carbocycles. The normalized spacial score (nSPS) is 16.4. The summed E-state index contributed by atoms with van der Waals surface area (Å²) in [6, 6.07) is 14.4. The van der Waals surface area contributed by atoms with Crippen molar-refractivity contribution >= 4 is 5.96 Å². The minimum Gasteiger partial charge on any atom is -0.468 e. The average molecular weight is 407 g/mol. The molecule has 2 aromatic heterocycles. The number of hydrogen-bond donors (Lipinski definition) is 3. The molecule has 1 aliphatic rings. The van der Waals surface area contributed by atoms with Crippen LogP contribution in [-0.4, -0.2) is 47.5 Å². The zero-order valence-corrected chi connectivity index (χ0v) is 17.5. The van der Waals surface area contributed by atoms with Gasteiger partial charge >= 0.3 is 0 Å². The van der Waals surface area contributed by atoms with E-state index in [1.807, 2.05) is 30.5 Å². The Kier molecular flexibility index (Phi) is 6.82. The lowest BCUT2D eigenvalue weighted by molar-refractivity contribution is 0.146.